The molecule has 18 heavy (non-hydrogen) atoms. The Labute approximate surface area is 108 Å². The average Bonchev–Trinajstić information content (AvgIpc) is 2.81. The molecule has 2 heteroatoms. The Morgan fingerprint density at radius 3 is 2.94 bits per heavy atom. The van der Waals surface area contributed by atoms with Crippen molar-refractivity contribution in [2.75, 3.05) is 7.05 Å². The van der Waals surface area contributed by atoms with Crippen LogP contribution in [0.3, 0.4) is 0 Å². The fraction of sp³-hybridized carbons (Fsp3) is 0.500. The number of furan rings is 1. The minimum absolute atomic E-state index is 0.587. The van der Waals surface area contributed by atoms with Crippen LogP contribution in [0.4, 0.5) is 0 Å². The highest BCUT2D eigenvalue weighted by molar-refractivity contribution is 5.78. The number of aryl methyl sites for hydroxylation is 1. The maximum absolute atomic E-state index is 6.03. The van der Waals surface area contributed by atoms with E-state index in [1.165, 1.54) is 42.4 Å². The molecule has 2 nitrogen and oxygen atoms in total. The largest absolute Gasteiger partial charge is 0.461 e. The van der Waals surface area contributed by atoms with Gasteiger partial charge in [0.05, 0.1) is 0 Å². The van der Waals surface area contributed by atoms with Crippen molar-refractivity contribution >= 4 is 11.0 Å². The van der Waals surface area contributed by atoms with E-state index in [1.807, 2.05) is 0 Å². The van der Waals surface area contributed by atoms with Crippen molar-refractivity contribution in [2.24, 2.45) is 0 Å². The second kappa shape index (κ2) is 4.77. The summed E-state index contributed by atoms with van der Waals surface area (Å²) in [6.45, 7) is 2.13. The van der Waals surface area contributed by atoms with Gasteiger partial charge in [-0.3, -0.25) is 0 Å². The monoisotopic (exact) mass is 243 g/mol. The minimum Gasteiger partial charge on any atom is -0.461 e. The van der Waals surface area contributed by atoms with Gasteiger partial charge in [0, 0.05) is 17.3 Å². The molecule has 0 spiro atoms. The molecule has 0 aliphatic heterocycles. The molecule has 0 saturated heterocycles. The van der Waals surface area contributed by atoms with Crippen LogP contribution in [0.15, 0.2) is 28.7 Å². The Morgan fingerprint density at radius 1 is 1.22 bits per heavy atom. The molecule has 0 bridgehead atoms. The quantitative estimate of drug-likeness (QED) is 0.862. The number of hydrogen-bond acceptors (Lipinski definition) is 2. The predicted octanol–water partition coefficient (Wildman–Crippen LogP) is 3.99. The lowest BCUT2D eigenvalue weighted by Gasteiger charge is -2.27. The minimum atomic E-state index is 0.587. The zero-order valence-electron chi connectivity index (χ0n) is 11.2. The predicted molar refractivity (Wildman–Crippen MR) is 75.0 cm³/mol. The van der Waals surface area contributed by atoms with Gasteiger partial charge < -0.3 is 9.73 Å². The molecule has 1 aliphatic rings. The maximum Gasteiger partial charge on any atom is 0.134 e. The van der Waals surface area contributed by atoms with Crippen LogP contribution in [-0.2, 0) is 0 Å². The summed E-state index contributed by atoms with van der Waals surface area (Å²) < 4.78 is 6.03. The summed E-state index contributed by atoms with van der Waals surface area (Å²) in [6.07, 6.45) is 5.06. The topological polar surface area (TPSA) is 25.2 Å². The summed E-state index contributed by atoms with van der Waals surface area (Å²) in [6, 6.07) is 9.31. The highest BCUT2D eigenvalue weighted by atomic mass is 16.3. The van der Waals surface area contributed by atoms with Gasteiger partial charge in [0.1, 0.15) is 11.3 Å². The fourth-order valence-corrected chi connectivity index (χ4v) is 3.09. The van der Waals surface area contributed by atoms with Gasteiger partial charge in [0.15, 0.2) is 0 Å². The van der Waals surface area contributed by atoms with Crippen molar-refractivity contribution < 1.29 is 4.42 Å². The van der Waals surface area contributed by atoms with Crippen LogP contribution in [0.25, 0.3) is 11.0 Å². The van der Waals surface area contributed by atoms with Gasteiger partial charge >= 0.3 is 0 Å². The molecule has 0 radical (unpaired) electrons. The Bertz CT molecular complexity index is 543. The second-order valence-corrected chi connectivity index (χ2v) is 5.54. The van der Waals surface area contributed by atoms with Gasteiger partial charge in [-0.15, -0.1) is 0 Å². The molecule has 1 saturated carbocycles. The maximum atomic E-state index is 6.03. The van der Waals surface area contributed by atoms with Gasteiger partial charge in [0.25, 0.3) is 0 Å². The first kappa shape index (κ1) is 11.8. The first-order chi connectivity index (χ1) is 8.76. The van der Waals surface area contributed by atoms with Crippen LogP contribution in [0.2, 0.25) is 0 Å². The molecular formula is C16H21NO. The Kier molecular flexibility index (Phi) is 3.13. The molecule has 1 heterocycles. The van der Waals surface area contributed by atoms with E-state index >= 15 is 0 Å². The van der Waals surface area contributed by atoms with E-state index in [2.05, 4.69) is 43.6 Å². The lowest BCUT2D eigenvalue weighted by molar-refractivity contribution is 0.325. The van der Waals surface area contributed by atoms with E-state index in [0.717, 1.165) is 5.58 Å². The molecule has 1 aliphatic carbocycles. The third-order valence-corrected chi connectivity index (χ3v) is 4.18. The number of fused-ring (bicyclic) bond motifs is 1. The van der Waals surface area contributed by atoms with E-state index < -0.39 is 0 Å². The summed E-state index contributed by atoms with van der Waals surface area (Å²) >= 11 is 0. The van der Waals surface area contributed by atoms with Crippen LogP contribution in [0.1, 0.15) is 42.9 Å². The first-order valence-corrected chi connectivity index (χ1v) is 6.93. The molecule has 3 rings (SSSR count). The van der Waals surface area contributed by atoms with Gasteiger partial charge in [-0.1, -0.05) is 18.1 Å². The van der Waals surface area contributed by atoms with Gasteiger partial charge in [-0.05, 0) is 51.4 Å². The summed E-state index contributed by atoms with van der Waals surface area (Å²) in [4.78, 5) is 0. The average molecular weight is 243 g/mol. The lowest BCUT2D eigenvalue weighted by atomic mass is 9.84. The number of hydrogen-bond donors (Lipinski definition) is 1. The molecule has 0 amide bonds. The smallest absolute Gasteiger partial charge is 0.134 e. The zero-order chi connectivity index (χ0) is 12.5. The van der Waals surface area contributed by atoms with E-state index in [-0.39, 0.29) is 0 Å². The standard InChI is InChI=1S/C16H21NO/c1-11-6-7-15-13(8-11)10-16(18-15)12-4-3-5-14(9-12)17-2/h6-8,10,12,14,17H,3-5,9H2,1-2H3. The van der Waals surface area contributed by atoms with Crippen LogP contribution in [-0.4, -0.2) is 13.1 Å². The van der Waals surface area contributed by atoms with Crippen molar-refractivity contribution in [3.8, 4) is 0 Å². The second-order valence-electron chi connectivity index (χ2n) is 5.54. The Balaban J connectivity index is 1.89. The van der Waals surface area contributed by atoms with E-state index in [4.69, 9.17) is 4.42 Å². The highest BCUT2D eigenvalue weighted by Crippen LogP contribution is 2.35. The first-order valence-electron chi connectivity index (χ1n) is 6.93. The van der Waals surface area contributed by atoms with Gasteiger partial charge in [-0.25, -0.2) is 0 Å². The molecule has 2 unspecified atom stereocenters. The molecule has 1 N–H and O–H groups in total. The SMILES string of the molecule is CNC1CCCC(c2cc3cc(C)ccc3o2)C1. The molecule has 1 aromatic heterocycles. The summed E-state index contributed by atoms with van der Waals surface area (Å²) in [5, 5.41) is 4.65. The molecular weight excluding hydrogens is 222 g/mol. The third kappa shape index (κ3) is 2.17. The van der Waals surface area contributed by atoms with Crippen molar-refractivity contribution in [3.05, 3.63) is 35.6 Å². The molecule has 1 aromatic carbocycles. The Morgan fingerprint density at radius 2 is 2.11 bits per heavy atom. The number of nitrogens with one attached hydrogen (secondary N) is 1. The zero-order valence-corrected chi connectivity index (χ0v) is 11.2. The van der Waals surface area contributed by atoms with Crippen LogP contribution >= 0.6 is 0 Å². The van der Waals surface area contributed by atoms with Crippen LogP contribution in [0.5, 0.6) is 0 Å². The molecule has 2 atom stereocenters. The van der Waals surface area contributed by atoms with Crippen LogP contribution < -0.4 is 5.32 Å². The number of benzene rings is 1. The summed E-state index contributed by atoms with van der Waals surface area (Å²) in [5.41, 5.74) is 2.33. The van der Waals surface area contributed by atoms with E-state index in [1.54, 1.807) is 0 Å². The molecule has 1 fully saturated rings. The summed E-state index contributed by atoms with van der Waals surface area (Å²) in [5.74, 6) is 1.76. The fourth-order valence-electron chi connectivity index (χ4n) is 3.09. The molecule has 96 valence electrons. The summed E-state index contributed by atoms with van der Waals surface area (Å²) in [7, 11) is 2.06. The highest BCUT2D eigenvalue weighted by Gasteiger charge is 2.24. The Hall–Kier alpha value is -1.28. The van der Waals surface area contributed by atoms with Crippen molar-refractivity contribution in [3.63, 3.8) is 0 Å². The van der Waals surface area contributed by atoms with E-state index in [0.29, 0.717) is 12.0 Å². The lowest BCUT2D eigenvalue weighted by Crippen LogP contribution is -2.30. The van der Waals surface area contributed by atoms with E-state index in [9.17, 15) is 0 Å². The van der Waals surface area contributed by atoms with Crippen molar-refractivity contribution in [1.29, 1.82) is 0 Å². The normalized spacial score (nSPS) is 24.6. The van der Waals surface area contributed by atoms with Crippen molar-refractivity contribution in [1.82, 2.24) is 5.32 Å². The van der Waals surface area contributed by atoms with Crippen LogP contribution in [0, 0.1) is 6.92 Å². The van der Waals surface area contributed by atoms with Gasteiger partial charge in [0.2, 0.25) is 0 Å². The van der Waals surface area contributed by atoms with Gasteiger partial charge in [-0.2, -0.15) is 0 Å². The number of rotatable bonds is 2. The molecule has 2 aromatic rings. The van der Waals surface area contributed by atoms with Crippen molar-refractivity contribution in [2.45, 2.75) is 44.6 Å². The third-order valence-electron chi connectivity index (χ3n) is 4.18.